The molecule has 0 bridgehead atoms. The number of amides is 1. The van der Waals surface area contributed by atoms with E-state index in [-0.39, 0.29) is 23.1 Å². The third-order valence-electron chi connectivity index (χ3n) is 7.10. The van der Waals surface area contributed by atoms with Crippen LogP contribution in [0.15, 0.2) is 12.3 Å². The maximum atomic E-state index is 13.3. The summed E-state index contributed by atoms with van der Waals surface area (Å²) in [5.74, 6) is 0.344. The third-order valence-corrected chi connectivity index (χ3v) is 7.51. The topological polar surface area (TPSA) is 102 Å². The molecule has 2 fully saturated rings. The molecule has 8 nitrogen and oxygen atoms in total. The number of aromatic amines is 1. The molecule has 5 rings (SSSR count). The van der Waals surface area contributed by atoms with E-state index in [1.807, 2.05) is 13.0 Å². The first kappa shape index (κ1) is 20.3. The fourth-order valence-electron chi connectivity index (χ4n) is 5.23. The predicted molar refractivity (Wildman–Crippen MR) is 116 cm³/mol. The van der Waals surface area contributed by atoms with Gasteiger partial charge in [-0.15, -0.1) is 0 Å². The molecule has 3 heterocycles. The number of rotatable bonds is 4. The molecule has 2 aromatic heterocycles. The molecule has 2 N–H and O–H groups in total. The number of carbonyl (C=O) groups is 2. The molecule has 3 aliphatic rings. The highest BCUT2D eigenvalue weighted by Gasteiger charge is 2.53. The Bertz CT molecular complexity index is 1050. The van der Waals surface area contributed by atoms with Crippen molar-refractivity contribution in [1.82, 2.24) is 20.1 Å². The van der Waals surface area contributed by atoms with E-state index in [1.54, 1.807) is 6.20 Å². The van der Waals surface area contributed by atoms with Gasteiger partial charge in [0.2, 0.25) is 5.91 Å². The van der Waals surface area contributed by atoms with Crippen LogP contribution in [0.4, 0.5) is 5.82 Å². The Labute approximate surface area is 185 Å². The number of anilines is 1. The van der Waals surface area contributed by atoms with Gasteiger partial charge in [-0.25, -0.2) is 9.78 Å². The first-order valence-electron chi connectivity index (χ1n) is 10.8. The fourth-order valence-corrected chi connectivity index (χ4v) is 5.37. The van der Waals surface area contributed by atoms with Crippen molar-refractivity contribution < 1.29 is 14.7 Å². The summed E-state index contributed by atoms with van der Waals surface area (Å²) in [4.78, 5) is 33.5. The number of carboxylic acids is 1. The lowest BCUT2D eigenvalue weighted by Crippen LogP contribution is -2.57. The van der Waals surface area contributed by atoms with Gasteiger partial charge in [-0.05, 0) is 51.0 Å². The van der Waals surface area contributed by atoms with Crippen LogP contribution < -0.4 is 4.90 Å². The first-order chi connectivity index (χ1) is 14.9. The number of piperazine rings is 1. The minimum Gasteiger partial charge on any atom is -0.476 e. The lowest BCUT2D eigenvalue weighted by atomic mass is 9.84. The molecular weight excluding hydrogens is 418 g/mol. The lowest BCUT2D eigenvalue weighted by Gasteiger charge is -2.43. The minimum absolute atomic E-state index is 0.0872. The van der Waals surface area contributed by atoms with Crippen LogP contribution in [0.3, 0.4) is 0 Å². The number of nitrogens with one attached hydrogen (secondary N) is 1. The van der Waals surface area contributed by atoms with Crippen molar-refractivity contribution >= 4 is 29.3 Å². The fraction of sp³-hybridized carbons (Fsp3) is 0.545. The third kappa shape index (κ3) is 3.56. The van der Waals surface area contributed by atoms with Gasteiger partial charge in [0.05, 0.1) is 5.54 Å². The van der Waals surface area contributed by atoms with Gasteiger partial charge in [-0.2, -0.15) is 5.10 Å². The second-order valence-corrected chi connectivity index (χ2v) is 9.49. The number of halogens is 1. The Balaban J connectivity index is 1.25. The molecular formula is C22H26ClN5O3. The van der Waals surface area contributed by atoms with Crippen LogP contribution in [0, 0.1) is 12.8 Å². The van der Waals surface area contributed by atoms with E-state index in [0.29, 0.717) is 25.8 Å². The summed E-state index contributed by atoms with van der Waals surface area (Å²) >= 11 is 6.29. The molecule has 1 unspecified atom stereocenters. The van der Waals surface area contributed by atoms with Crippen molar-refractivity contribution in [1.29, 1.82) is 0 Å². The molecule has 9 heteroatoms. The van der Waals surface area contributed by atoms with E-state index < -0.39 is 5.97 Å². The minimum atomic E-state index is -0.995. The first-order valence-corrected chi connectivity index (χ1v) is 11.2. The Morgan fingerprint density at radius 1 is 1.35 bits per heavy atom. The smallest absolute Gasteiger partial charge is 0.356 e. The maximum absolute atomic E-state index is 13.3. The largest absolute Gasteiger partial charge is 0.476 e. The number of nitrogens with zero attached hydrogens (tertiary/aromatic N) is 4. The molecule has 1 amide bonds. The van der Waals surface area contributed by atoms with Crippen molar-refractivity contribution in [3.05, 3.63) is 39.8 Å². The normalized spacial score (nSPS) is 21.8. The van der Waals surface area contributed by atoms with Crippen LogP contribution in [-0.4, -0.2) is 62.2 Å². The Morgan fingerprint density at radius 2 is 2.16 bits per heavy atom. The second-order valence-electron chi connectivity index (χ2n) is 9.08. The van der Waals surface area contributed by atoms with Crippen molar-refractivity contribution in [3.63, 3.8) is 0 Å². The number of hydrogen-bond acceptors (Lipinski definition) is 5. The van der Waals surface area contributed by atoms with Gasteiger partial charge < -0.3 is 14.9 Å². The number of pyridine rings is 1. The van der Waals surface area contributed by atoms with E-state index in [9.17, 15) is 14.7 Å². The monoisotopic (exact) mass is 443 g/mol. The van der Waals surface area contributed by atoms with E-state index in [0.717, 1.165) is 60.0 Å². The van der Waals surface area contributed by atoms with Crippen molar-refractivity contribution in [2.24, 2.45) is 5.92 Å². The highest BCUT2D eigenvalue weighted by atomic mass is 35.5. The van der Waals surface area contributed by atoms with Crippen LogP contribution in [0.25, 0.3) is 0 Å². The van der Waals surface area contributed by atoms with Crippen LogP contribution >= 0.6 is 11.6 Å². The number of aromatic carboxylic acids is 1. The summed E-state index contributed by atoms with van der Waals surface area (Å²) in [5.41, 5.74) is 2.69. The number of carboxylic acid groups (broad SMARTS) is 1. The van der Waals surface area contributed by atoms with Crippen LogP contribution in [-0.2, 0) is 17.6 Å². The van der Waals surface area contributed by atoms with Crippen LogP contribution in [0.1, 0.15) is 53.0 Å². The molecule has 31 heavy (non-hydrogen) atoms. The number of carbonyl (C=O) groups excluding carboxylic acids is 1. The summed E-state index contributed by atoms with van der Waals surface area (Å²) in [5, 5.41) is 16.8. The molecule has 2 aromatic rings. The van der Waals surface area contributed by atoms with Crippen molar-refractivity contribution in [2.75, 3.05) is 24.5 Å². The summed E-state index contributed by atoms with van der Waals surface area (Å²) in [7, 11) is 0. The van der Waals surface area contributed by atoms with Gasteiger partial charge in [-0.1, -0.05) is 11.6 Å². The van der Waals surface area contributed by atoms with Crippen LogP contribution in [0.2, 0.25) is 5.02 Å². The molecule has 2 aliphatic carbocycles. The summed E-state index contributed by atoms with van der Waals surface area (Å²) < 4.78 is 0. The van der Waals surface area contributed by atoms with Gasteiger partial charge >= 0.3 is 5.97 Å². The van der Waals surface area contributed by atoms with Gasteiger partial charge in [0.1, 0.15) is 5.82 Å². The van der Waals surface area contributed by atoms with Gasteiger partial charge in [0, 0.05) is 54.1 Å². The molecule has 1 saturated heterocycles. The molecule has 0 radical (unpaired) electrons. The number of aromatic nitrogens is 3. The lowest BCUT2D eigenvalue weighted by molar-refractivity contribution is -0.136. The van der Waals surface area contributed by atoms with Gasteiger partial charge in [0.15, 0.2) is 5.69 Å². The quantitative estimate of drug-likeness (QED) is 0.753. The van der Waals surface area contributed by atoms with Crippen molar-refractivity contribution in [3.8, 4) is 0 Å². The molecule has 1 spiro atoms. The van der Waals surface area contributed by atoms with E-state index >= 15 is 0 Å². The zero-order valence-corrected chi connectivity index (χ0v) is 18.3. The standard InChI is InChI=1S/C22H26ClN5O3/c1-13-16(23)4-7-24-20(13)27-8-9-28(22(12-27)5-6-22)18(29)11-14-2-3-15-17(10-14)25-26-19(15)21(30)31/h4,7,14H,2-3,5-6,8-12H2,1H3,(H,25,26)(H,30,31). The number of hydrogen-bond donors (Lipinski definition) is 2. The van der Waals surface area contributed by atoms with E-state index in [2.05, 4.69) is 25.0 Å². The van der Waals surface area contributed by atoms with E-state index in [4.69, 9.17) is 11.6 Å². The average molecular weight is 444 g/mol. The van der Waals surface area contributed by atoms with Crippen molar-refractivity contribution in [2.45, 2.75) is 51.0 Å². The molecule has 164 valence electrons. The average Bonchev–Trinajstić information content (AvgIpc) is 3.35. The number of H-pyrrole nitrogens is 1. The zero-order valence-electron chi connectivity index (χ0n) is 17.5. The molecule has 1 saturated carbocycles. The van der Waals surface area contributed by atoms with Gasteiger partial charge in [-0.3, -0.25) is 9.89 Å². The summed E-state index contributed by atoms with van der Waals surface area (Å²) in [6.07, 6.45) is 6.43. The Hall–Kier alpha value is -2.61. The molecule has 1 aliphatic heterocycles. The van der Waals surface area contributed by atoms with Crippen LogP contribution in [0.5, 0.6) is 0 Å². The highest BCUT2D eigenvalue weighted by molar-refractivity contribution is 6.31. The van der Waals surface area contributed by atoms with E-state index in [1.165, 1.54) is 0 Å². The van der Waals surface area contributed by atoms with Gasteiger partial charge in [0.25, 0.3) is 0 Å². The Morgan fingerprint density at radius 3 is 2.90 bits per heavy atom. The second kappa shape index (κ2) is 7.51. The maximum Gasteiger partial charge on any atom is 0.356 e. The molecule has 0 aromatic carbocycles. The summed E-state index contributed by atoms with van der Waals surface area (Å²) in [6, 6.07) is 1.81. The number of fused-ring (bicyclic) bond motifs is 1. The Kier molecular flexibility index (Phi) is 4.92. The molecule has 1 atom stereocenters. The SMILES string of the molecule is Cc1c(Cl)ccnc1N1CCN(C(=O)CC2CCc3c(C(=O)O)n[nH]c3C2)C2(CC2)C1. The zero-order chi connectivity index (χ0) is 21.8. The predicted octanol–water partition coefficient (Wildman–Crippen LogP) is 2.84. The summed E-state index contributed by atoms with van der Waals surface area (Å²) in [6.45, 7) is 4.23. The highest BCUT2D eigenvalue weighted by Crippen LogP contribution is 2.46.